The lowest BCUT2D eigenvalue weighted by atomic mass is 10.0. The lowest BCUT2D eigenvalue weighted by molar-refractivity contribution is -0.143. The van der Waals surface area contributed by atoms with E-state index in [9.17, 15) is 9.59 Å². The minimum absolute atomic E-state index is 0.0141. The third-order valence-corrected chi connectivity index (χ3v) is 6.78. The number of halogens is 1. The van der Waals surface area contributed by atoms with Gasteiger partial charge >= 0.3 is 0 Å². The summed E-state index contributed by atoms with van der Waals surface area (Å²) in [6, 6.07) is 22.1. The van der Waals surface area contributed by atoms with Crippen molar-refractivity contribution in [2.75, 3.05) is 6.61 Å². The highest BCUT2D eigenvalue weighted by Crippen LogP contribution is 2.22. The van der Waals surface area contributed by atoms with Gasteiger partial charge in [0.15, 0.2) is 6.61 Å². The number of benzene rings is 3. The average molecular weight is 507 g/mol. The first-order valence-corrected chi connectivity index (χ1v) is 12.7. The summed E-state index contributed by atoms with van der Waals surface area (Å²) in [5.41, 5.74) is 3.98. The Morgan fingerprint density at radius 1 is 0.972 bits per heavy atom. The second-order valence-corrected chi connectivity index (χ2v) is 9.58. The fraction of sp³-hybridized carbons (Fsp3) is 0.333. The SMILES string of the molecule is CC[C@@H](C)NC(=O)[C@H](Cc1ccccc1)N(Cc1ccccc1Cl)C(=O)COc1ccc(C)c(C)c1. The van der Waals surface area contributed by atoms with Gasteiger partial charge in [-0.25, -0.2) is 0 Å². The highest BCUT2D eigenvalue weighted by atomic mass is 35.5. The molecular formula is C30H35ClN2O3. The van der Waals surface area contributed by atoms with Crippen LogP contribution < -0.4 is 10.1 Å². The zero-order chi connectivity index (χ0) is 26.1. The van der Waals surface area contributed by atoms with Crippen LogP contribution in [0, 0.1) is 13.8 Å². The third kappa shape index (κ3) is 7.59. The van der Waals surface area contributed by atoms with Crippen molar-refractivity contribution < 1.29 is 14.3 Å². The highest BCUT2D eigenvalue weighted by Gasteiger charge is 2.31. The van der Waals surface area contributed by atoms with E-state index in [1.54, 1.807) is 11.0 Å². The number of aryl methyl sites for hydroxylation is 2. The van der Waals surface area contributed by atoms with Gasteiger partial charge < -0.3 is 15.0 Å². The fourth-order valence-corrected chi connectivity index (χ4v) is 4.03. The van der Waals surface area contributed by atoms with Crippen LogP contribution in [0.2, 0.25) is 5.02 Å². The monoisotopic (exact) mass is 506 g/mol. The molecule has 2 atom stereocenters. The third-order valence-electron chi connectivity index (χ3n) is 6.41. The van der Waals surface area contributed by atoms with Crippen molar-refractivity contribution in [2.24, 2.45) is 0 Å². The fourth-order valence-electron chi connectivity index (χ4n) is 3.84. The van der Waals surface area contributed by atoms with Crippen LogP contribution in [-0.2, 0) is 22.6 Å². The van der Waals surface area contributed by atoms with Gasteiger partial charge in [-0.3, -0.25) is 9.59 Å². The molecule has 3 rings (SSSR count). The molecule has 3 aromatic carbocycles. The smallest absolute Gasteiger partial charge is 0.261 e. The second kappa shape index (κ2) is 13.1. The number of amides is 2. The van der Waals surface area contributed by atoms with Crippen molar-refractivity contribution in [3.63, 3.8) is 0 Å². The summed E-state index contributed by atoms with van der Waals surface area (Å²) in [6.45, 7) is 8.01. The summed E-state index contributed by atoms with van der Waals surface area (Å²) in [6.07, 6.45) is 1.17. The van der Waals surface area contributed by atoms with E-state index in [1.165, 1.54) is 0 Å². The molecule has 3 aromatic rings. The topological polar surface area (TPSA) is 58.6 Å². The lowest BCUT2D eigenvalue weighted by Crippen LogP contribution is -2.53. The van der Waals surface area contributed by atoms with E-state index in [0.29, 0.717) is 17.2 Å². The molecule has 0 aliphatic heterocycles. The summed E-state index contributed by atoms with van der Waals surface area (Å²) in [4.78, 5) is 28.8. The standard InChI is InChI=1S/C30H35ClN2O3/c1-5-23(4)32-30(35)28(18-24-11-7-6-8-12-24)33(19-25-13-9-10-14-27(25)31)29(34)20-36-26-16-15-21(2)22(3)17-26/h6-17,23,28H,5,18-20H2,1-4H3,(H,32,35)/t23-,28+/m1/s1. The molecule has 0 unspecified atom stereocenters. The van der Waals surface area contributed by atoms with E-state index in [2.05, 4.69) is 5.32 Å². The average Bonchev–Trinajstić information content (AvgIpc) is 2.88. The maximum absolute atomic E-state index is 13.7. The molecule has 0 aromatic heterocycles. The minimum atomic E-state index is -0.728. The zero-order valence-corrected chi connectivity index (χ0v) is 22.2. The largest absolute Gasteiger partial charge is 0.484 e. The Morgan fingerprint density at radius 3 is 2.33 bits per heavy atom. The molecule has 0 radical (unpaired) electrons. The maximum Gasteiger partial charge on any atom is 0.261 e. The van der Waals surface area contributed by atoms with E-state index >= 15 is 0 Å². The molecular weight excluding hydrogens is 472 g/mol. The second-order valence-electron chi connectivity index (χ2n) is 9.17. The number of nitrogens with zero attached hydrogens (tertiary/aromatic N) is 1. The van der Waals surface area contributed by atoms with Gasteiger partial charge in [-0.1, -0.05) is 73.1 Å². The van der Waals surface area contributed by atoms with Crippen molar-refractivity contribution in [2.45, 2.75) is 59.2 Å². The number of hydrogen-bond acceptors (Lipinski definition) is 3. The van der Waals surface area contributed by atoms with Crippen LogP contribution in [0.3, 0.4) is 0 Å². The number of ether oxygens (including phenoxy) is 1. The summed E-state index contributed by atoms with van der Waals surface area (Å²) in [5, 5.41) is 3.61. The molecule has 0 fully saturated rings. The number of nitrogens with one attached hydrogen (secondary N) is 1. The molecule has 1 N–H and O–H groups in total. The Kier molecular flexibility index (Phi) is 9.95. The number of carbonyl (C=O) groups is 2. The van der Waals surface area contributed by atoms with Crippen LogP contribution in [-0.4, -0.2) is 35.4 Å². The summed E-state index contributed by atoms with van der Waals surface area (Å²) in [5.74, 6) is 0.140. The van der Waals surface area contributed by atoms with Crippen molar-refractivity contribution in [1.82, 2.24) is 10.2 Å². The Hall–Kier alpha value is -3.31. The number of rotatable bonds is 11. The molecule has 5 nitrogen and oxygen atoms in total. The van der Waals surface area contributed by atoms with E-state index in [1.807, 2.05) is 94.4 Å². The molecule has 2 amide bonds. The summed E-state index contributed by atoms with van der Waals surface area (Å²) in [7, 11) is 0. The molecule has 0 saturated carbocycles. The Labute approximate surface area is 219 Å². The quantitative estimate of drug-likeness (QED) is 0.352. The van der Waals surface area contributed by atoms with Crippen LogP contribution in [0.1, 0.15) is 42.5 Å². The normalized spacial score (nSPS) is 12.5. The predicted molar refractivity (Wildman–Crippen MR) is 145 cm³/mol. The summed E-state index contributed by atoms with van der Waals surface area (Å²) >= 11 is 6.46. The zero-order valence-electron chi connectivity index (χ0n) is 21.5. The Morgan fingerprint density at radius 2 is 1.67 bits per heavy atom. The van der Waals surface area contributed by atoms with Crippen molar-refractivity contribution >= 4 is 23.4 Å². The van der Waals surface area contributed by atoms with Crippen LogP contribution in [0.15, 0.2) is 72.8 Å². The van der Waals surface area contributed by atoms with Gasteiger partial charge in [-0.2, -0.15) is 0 Å². The molecule has 0 spiro atoms. The van der Waals surface area contributed by atoms with Gasteiger partial charge in [0, 0.05) is 24.0 Å². The van der Waals surface area contributed by atoms with Gasteiger partial charge in [0.25, 0.3) is 5.91 Å². The molecule has 0 aliphatic carbocycles. The lowest BCUT2D eigenvalue weighted by Gasteiger charge is -2.32. The van der Waals surface area contributed by atoms with Gasteiger partial charge in [-0.05, 0) is 67.6 Å². The minimum Gasteiger partial charge on any atom is -0.484 e. The van der Waals surface area contributed by atoms with Crippen molar-refractivity contribution in [3.8, 4) is 5.75 Å². The Balaban J connectivity index is 1.92. The van der Waals surface area contributed by atoms with Gasteiger partial charge in [0.1, 0.15) is 11.8 Å². The van der Waals surface area contributed by atoms with Gasteiger partial charge in [0.05, 0.1) is 0 Å². The Bertz CT molecular complexity index is 1170. The molecule has 0 aliphatic rings. The first kappa shape index (κ1) is 27.3. The molecule has 190 valence electrons. The highest BCUT2D eigenvalue weighted by molar-refractivity contribution is 6.31. The molecule has 36 heavy (non-hydrogen) atoms. The van der Waals surface area contributed by atoms with Crippen LogP contribution in [0.25, 0.3) is 0 Å². The first-order chi connectivity index (χ1) is 17.3. The van der Waals surface area contributed by atoms with Crippen molar-refractivity contribution in [1.29, 1.82) is 0 Å². The predicted octanol–water partition coefficient (Wildman–Crippen LogP) is 5.89. The molecule has 0 saturated heterocycles. The molecule has 6 heteroatoms. The van der Waals surface area contributed by atoms with Crippen LogP contribution in [0.5, 0.6) is 5.75 Å². The van der Waals surface area contributed by atoms with E-state index < -0.39 is 6.04 Å². The van der Waals surface area contributed by atoms with Gasteiger partial charge in [-0.15, -0.1) is 0 Å². The number of carbonyl (C=O) groups excluding carboxylic acids is 2. The van der Waals surface area contributed by atoms with Crippen molar-refractivity contribution in [3.05, 3.63) is 100 Å². The van der Waals surface area contributed by atoms with Crippen LogP contribution in [0.4, 0.5) is 0 Å². The van der Waals surface area contributed by atoms with E-state index in [-0.39, 0.29) is 31.0 Å². The maximum atomic E-state index is 13.7. The summed E-state index contributed by atoms with van der Waals surface area (Å²) < 4.78 is 5.88. The van der Waals surface area contributed by atoms with Crippen LogP contribution >= 0.6 is 11.6 Å². The number of hydrogen-bond donors (Lipinski definition) is 1. The molecule has 0 bridgehead atoms. The molecule has 0 heterocycles. The van der Waals surface area contributed by atoms with E-state index in [4.69, 9.17) is 16.3 Å². The van der Waals surface area contributed by atoms with E-state index in [0.717, 1.165) is 28.7 Å². The van der Waals surface area contributed by atoms with Gasteiger partial charge in [0.2, 0.25) is 5.91 Å². The first-order valence-electron chi connectivity index (χ1n) is 12.4.